The van der Waals surface area contributed by atoms with Gasteiger partial charge < -0.3 is 9.64 Å². The molecule has 3 nitrogen and oxygen atoms in total. The molecule has 1 N–H and O–H groups in total. The van der Waals surface area contributed by atoms with Gasteiger partial charge in [0.05, 0.1) is 6.61 Å². The van der Waals surface area contributed by atoms with Gasteiger partial charge in [0.25, 0.3) is 0 Å². The van der Waals surface area contributed by atoms with Crippen LogP contribution in [0.15, 0.2) is 0 Å². The monoisotopic (exact) mass is 196 g/mol. The first-order valence-corrected chi connectivity index (χ1v) is 5.88. The van der Waals surface area contributed by atoms with Gasteiger partial charge >= 0.3 is 0 Å². The summed E-state index contributed by atoms with van der Waals surface area (Å²) in [5.41, 5.74) is 0.0141. The van der Waals surface area contributed by atoms with Gasteiger partial charge in [0.15, 0.2) is 0 Å². The van der Waals surface area contributed by atoms with Crippen molar-refractivity contribution >= 4 is 0 Å². The Labute approximate surface area is 85.8 Å². The lowest BCUT2D eigenvalue weighted by Gasteiger charge is -2.39. The molecule has 0 aromatic rings. The number of rotatable bonds is 1. The summed E-state index contributed by atoms with van der Waals surface area (Å²) in [6.07, 6.45) is 5.25. The molecule has 0 amide bonds. The van der Waals surface area contributed by atoms with Gasteiger partial charge in [-0.1, -0.05) is 0 Å². The van der Waals surface area contributed by atoms with E-state index in [0.29, 0.717) is 0 Å². The molecule has 3 rings (SSSR count). The van der Waals surface area contributed by atoms with Crippen LogP contribution in [0.25, 0.3) is 0 Å². The Kier molecular flexibility index (Phi) is 2.08. The molecule has 2 atom stereocenters. The topological polar surface area (TPSA) is 24.5 Å². The lowest BCUT2D eigenvalue weighted by Crippen LogP contribution is -2.58. The SMILES string of the molecule is CN1CCC2(C1)NC(C1CC1)CCO2. The number of ether oxygens (including phenoxy) is 1. The van der Waals surface area contributed by atoms with Gasteiger partial charge in [0, 0.05) is 25.6 Å². The predicted molar refractivity (Wildman–Crippen MR) is 55.1 cm³/mol. The van der Waals surface area contributed by atoms with Crippen LogP contribution < -0.4 is 5.32 Å². The first-order chi connectivity index (χ1) is 6.77. The average Bonchev–Trinajstić information content (AvgIpc) is 2.95. The van der Waals surface area contributed by atoms with Crippen LogP contribution in [-0.2, 0) is 4.74 Å². The quantitative estimate of drug-likeness (QED) is 0.671. The van der Waals surface area contributed by atoms with Gasteiger partial charge in [-0.3, -0.25) is 5.32 Å². The van der Waals surface area contributed by atoms with E-state index in [2.05, 4.69) is 17.3 Å². The third kappa shape index (κ3) is 1.58. The highest BCUT2D eigenvalue weighted by Crippen LogP contribution is 2.38. The van der Waals surface area contributed by atoms with Crippen molar-refractivity contribution in [3.8, 4) is 0 Å². The van der Waals surface area contributed by atoms with E-state index in [1.54, 1.807) is 0 Å². The van der Waals surface area contributed by atoms with Crippen molar-refractivity contribution in [1.29, 1.82) is 0 Å². The maximum absolute atomic E-state index is 5.95. The first-order valence-electron chi connectivity index (χ1n) is 5.88. The molecule has 2 heterocycles. The summed E-state index contributed by atoms with van der Waals surface area (Å²) < 4.78 is 5.95. The predicted octanol–water partition coefficient (Wildman–Crippen LogP) is 0.807. The molecular formula is C11H20N2O. The largest absolute Gasteiger partial charge is 0.359 e. The van der Waals surface area contributed by atoms with Gasteiger partial charge in [-0.05, 0) is 32.2 Å². The standard InChI is InChI=1S/C11H20N2O/c1-13-6-5-11(8-13)12-10(4-7-14-11)9-2-3-9/h9-10,12H,2-8H2,1H3. The van der Waals surface area contributed by atoms with E-state index in [0.717, 1.165) is 31.5 Å². The average molecular weight is 196 g/mol. The lowest BCUT2D eigenvalue weighted by atomic mass is 10.0. The first kappa shape index (κ1) is 9.13. The summed E-state index contributed by atoms with van der Waals surface area (Å²) in [5, 5.41) is 3.76. The second-order valence-corrected chi connectivity index (χ2v) is 5.21. The molecule has 1 saturated carbocycles. The van der Waals surface area contributed by atoms with E-state index < -0.39 is 0 Å². The molecule has 3 heteroatoms. The van der Waals surface area contributed by atoms with Crippen molar-refractivity contribution in [1.82, 2.24) is 10.2 Å². The Balaban J connectivity index is 1.67. The Hall–Kier alpha value is -0.120. The Bertz CT molecular complexity index is 225. The second kappa shape index (κ2) is 3.19. The molecule has 0 radical (unpaired) electrons. The third-order valence-corrected chi connectivity index (χ3v) is 3.87. The molecule has 1 spiro atoms. The highest BCUT2D eigenvalue weighted by molar-refractivity contribution is 4.98. The molecule has 3 fully saturated rings. The number of nitrogens with zero attached hydrogens (tertiary/aromatic N) is 1. The Morgan fingerprint density at radius 3 is 2.86 bits per heavy atom. The number of likely N-dealkylation sites (tertiary alicyclic amines) is 1. The number of hydrogen-bond donors (Lipinski definition) is 1. The number of nitrogens with one attached hydrogen (secondary N) is 1. The van der Waals surface area contributed by atoms with Crippen LogP contribution in [-0.4, -0.2) is 43.4 Å². The minimum Gasteiger partial charge on any atom is -0.359 e. The van der Waals surface area contributed by atoms with Crippen molar-refractivity contribution in [3.63, 3.8) is 0 Å². The molecule has 0 aromatic carbocycles. The van der Waals surface area contributed by atoms with Crippen LogP contribution in [0.5, 0.6) is 0 Å². The molecule has 2 saturated heterocycles. The number of likely N-dealkylation sites (N-methyl/N-ethyl adjacent to an activating group) is 1. The number of hydrogen-bond acceptors (Lipinski definition) is 3. The molecule has 80 valence electrons. The molecule has 0 aromatic heterocycles. The Morgan fingerprint density at radius 1 is 1.36 bits per heavy atom. The minimum absolute atomic E-state index is 0.0141. The summed E-state index contributed by atoms with van der Waals surface area (Å²) in [6, 6.07) is 0.746. The molecular weight excluding hydrogens is 176 g/mol. The van der Waals surface area contributed by atoms with Gasteiger partial charge in [0.2, 0.25) is 0 Å². The molecule has 1 aliphatic carbocycles. The van der Waals surface area contributed by atoms with E-state index in [1.165, 1.54) is 25.8 Å². The van der Waals surface area contributed by atoms with Crippen molar-refractivity contribution in [2.75, 3.05) is 26.7 Å². The van der Waals surface area contributed by atoms with Crippen LogP contribution in [0, 0.1) is 5.92 Å². The normalized spacial score (nSPS) is 44.8. The summed E-state index contributed by atoms with van der Waals surface area (Å²) >= 11 is 0. The van der Waals surface area contributed by atoms with E-state index in [4.69, 9.17) is 4.74 Å². The maximum atomic E-state index is 5.95. The zero-order valence-electron chi connectivity index (χ0n) is 8.96. The fraction of sp³-hybridized carbons (Fsp3) is 1.00. The van der Waals surface area contributed by atoms with Crippen LogP contribution in [0.2, 0.25) is 0 Å². The lowest BCUT2D eigenvalue weighted by molar-refractivity contribution is -0.103. The summed E-state index contributed by atoms with van der Waals surface area (Å²) in [7, 11) is 2.18. The highest BCUT2D eigenvalue weighted by atomic mass is 16.5. The zero-order valence-corrected chi connectivity index (χ0v) is 8.96. The smallest absolute Gasteiger partial charge is 0.133 e. The van der Waals surface area contributed by atoms with Crippen LogP contribution in [0.4, 0.5) is 0 Å². The molecule has 0 bridgehead atoms. The Morgan fingerprint density at radius 2 is 2.21 bits per heavy atom. The molecule has 2 unspecified atom stereocenters. The summed E-state index contributed by atoms with van der Waals surface area (Å²) in [5.74, 6) is 0.960. The van der Waals surface area contributed by atoms with E-state index >= 15 is 0 Å². The second-order valence-electron chi connectivity index (χ2n) is 5.21. The van der Waals surface area contributed by atoms with Crippen LogP contribution >= 0.6 is 0 Å². The zero-order chi connectivity index (χ0) is 9.60. The molecule has 14 heavy (non-hydrogen) atoms. The van der Waals surface area contributed by atoms with Crippen molar-refractivity contribution in [3.05, 3.63) is 0 Å². The van der Waals surface area contributed by atoms with Crippen molar-refractivity contribution < 1.29 is 4.74 Å². The van der Waals surface area contributed by atoms with Gasteiger partial charge in [-0.15, -0.1) is 0 Å². The van der Waals surface area contributed by atoms with Crippen molar-refractivity contribution in [2.45, 2.75) is 37.5 Å². The fourth-order valence-electron chi connectivity index (χ4n) is 2.89. The van der Waals surface area contributed by atoms with Gasteiger partial charge in [0.1, 0.15) is 5.72 Å². The summed E-state index contributed by atoms with van der Waals surface area (Å²) in [6.45, 7) is 3.20. The molecule has 2 aliphatic heterocycles. The van der Waals surface area contributed by atoms with Crippen molar-refractivity contribution in [2.24, 2.45) is 5.92 Å². The fourth-order valence-corrected chi connectivity index (χ4v) is 2.89. The van der Waals surface area contributed by atoms with E-state index in [-0.39, 0.29) is 5.72 Å². The van der Waals surface area contributed by atoms with Gasteiger partial charge in [-0.25, -0.2) is 0 Å². The molecule has 3 aliphatic rings. The van der Waals surface area contributed by atoms with Crippen LogP contribution in [0.1, 0.15) is 25.7 Å². The minimum atomic E-state index is 0.0141. The van der Waals surface area contributed by atoms with E-state index in [9.17, 15) is 0 Å². The van der Waals surface area contributed by atoms with E-state index in [1.807, 2.05) is 0 Å². The van der Waals surface area contributed by atoms with Gasteiger partial charge in [-0.2, -0.15) is 0 Å². The summed E-state index contributed by atoms with van der Waals surface area (Å²) in [4.78, 5) is 2.36. The highest BCUT2D eigenvalue weighted by Gasteiger charge is 2.45. The maximum Gasteiger partial charge on any atom is 0.133 e. The third-order valence-electron chi connectivity index (χ3n) is 3.87. The van der Waals surface area contributed by atoms with Crippen LogP contribution in [0.3, 0.4) is 0 Å².